The highest BCUT2D eigenvalue weighted by atomic mass is 32.2. The molecule has 1 aromatic carbocycles. The van der Waals surface area contributed by atoms with E-state index in [2.05, 4.69) is 5.32 Å². The van der Waals surface area contributed by atoms with Crippen LogP contribution in [0.5, 0.6) is 0 Å². The third-order valence-electron chi connectivity index (χ3n) is 5.62. The first-order chi connectivity index (χ1) is 15.3. The number of pyridine rings is 1. The Morgan fingerprint density at radius 1 is 1.25 bits per heavy atom. The minimum absolute atomic E-state index is 0.00411. The summed E-state index contributed by atoms with van der Waals surface area (Å²) in [5, 5.41) is 13.0. The van der Waals surface area contributed by atoms with Crippen molar-refractivity contribution < 1.29 is 4.79 Å². The van der Waals surface area contributed by atoms with Crippen LogP contribution in [0.25, 0.3) is 6.08 Å². The molecule has 1 aliphatic heterocycles. The molecule has 166 valence electrons. The average molecular weight is 467 g/mol. The van der Waals surface area contributed by atoms with Gasteiger partial charge in [0, 0.05) is 24.7 Å². The van der Waals surface area contributed by atoms with Gasteiger partial charge in [0.05, 0.1) is 4.91 Å². The molecule has 1 saturated heterocycles. The summed E-state index contributed by atoms with van der Waals surface area (Å²) in [6, 6.07) is 11.9. The summed E-state index contributed by atoms with van der Waals surface area (Å²) in [5.41, 5.74) is 2.00. The molecule has 32 heavy (non-hydrogen) atoms. The van der Waals surface area contributed by atoms with Crippen molar-refractivity contribution in [3.8, 4) is 6.07 Å². The Labute approximate surface area is 197 Å². The van der Waals surface area contributed by atoms with Crippen molar-refractivity contribution in [2.45, 2.75) is 53.2 Å². The zero-order valence-corrected chi connectivity index (χ0v) is 20.3. The molecule has 1 amide bonds. The summed E-state index contributed by atoms with van der Waals surface area (Å²) >= 11 is 6.71. The van der Waals surface area contributed by atoms with Crippen LogP contribution in [0.2, 0.25) is 0 Å². The highest BCUT2D eigenvalue weighted by Gasteiger charge is 2.35. The lowest BCUT2D eigenvalue weighted by atomic mass is 10.0. The van der Waals surface area contributed by atoms with E-state index in [1.54, 1.807) is 22.5 Å². The van der Waals surface area contributed by atoms with Gasteiger partial charge < -0.3 is 5.32 Å². The Balaban J connectivity index is 2.14. The summed E-state index contributed by atoms with van der Waals surface area (Å²) in [6.45, 7) is 8.47. The fourth-order valence-corrected chi connectivity index (χ4v) is 5.05. The fourth-order valence-electron chi connectivity index (χ4n) is 3.61. The van der Waals surface area contributed by atoms with E-state index in [4.69, 9.17) is 12.2 Å². The smallest absolute Gasteiger partial charge is 0.270 e. The number of rotatable bonds is 7. The SMILES string of the molecule is CCC(C)N1C(=O)/C(=C\c2c(C)c(C#N)c(=O)n(CC)c2NCc2ccccc2)SC1=S. The zero-order valence-electron chi connectivity index (χ0n) is 18.6. The summed E-state index contributed by atoms with van der Waals surface area (Å²) < 4.78 is 2.08. The van der Waals surface area contributed by atoms with Gasteiger partial charge >= 0.3 is 0 Å². The molecule has 8 heteroatoms. The molecule has 1 N–H and O–H groups in total. The molecular formula is C24H26N4O2S2. The van der Waals surface area contributed by atoms with Gasteiger partial charge in [0.25, 0.3) is 11.5 Å². The third-order valence-corrected chi connectivity index (χ3v) is 6.95. The molecule has 0 saturated carbocycles. The standard InChI is InChI=1S/C24H26N4O2S2/c1-5-15(3)28-23(30)20(32-24(28)31)12-18-16(4)19(13-25)22(29)27(6-2)21(18)26-14-17-10-8-7-9-11-17/h7-12,15,26H,5-6,14H2,1-4H3/b20-12+. The number of benzene rings is 1. The van der Waals surface area contributed by atoms with E-state index < -0.39 is 0 Å². The quantitative estimate of drug-likeness (QED) is 0.472. The number of amides is 1. The Morgan fingerprint density at radius 3 is 2.53 bits per heavy atom. The molecule has 6 nitrogen and oxygen atoms in total. The van der Waals surface area contributed by atoms with Crippen molar-refractivity contribution in [3.05, 3.63) is 67.8 Å². The van der Waals surface area contributed by atoms with Gasteiger partial charge in [-0.05, 0) is 44.4 Å². The normalized spacial score (nSPS) is 15.8. The lowest BCUT2D eigenvalue weighted by Crippen LogP contribution is -2.36. The number of nitrogens with zero attached hydrogens (tertiary/aromatic N) is 3. The highest BCUT2D eigenvalue weighted by molar-refractivity contribution is 8.26. The largest absolute Gasteiger partial charge is 0.367 e. The summed E-state index contributed by atoms with van der Waals surface area (Å²) in [4.78, 5) is 28.2. The number of thioether (sulfide) groups is 1. The number of nitrogens with one attached hydrogen (secondary N) is 1. The van der Waals surface area contributed by atoms with E-state index in [0.29, 0.717) is 39.3 Å². The van der Waals surface area contributed by atoms with E-state index in [9.17, 15) is 14.9 Å². The first kappa shape index (κ1) is 23.8. The predicted molar refractivity (Wildman–Crippen MR) is 134 cm³/mol. The molecule has 1 atom stereocenters. The Morgan fingerprint density at radius 2 is 1.94 bits per heavy atom. The minimum Gasteiger partial charge on any atom is -0.367 e. The molecule has 0 bridgehead atoms. The second kappa shape index (κ2) is 10.2. The molecule has 1 unspecified atom stereocenters. The molecular weight excluding hydrogens is 440 g/mol. The van der Waals surface area contributed by atoms with Crippen molar-refractivity contribution >= 4 is 46.1 Å². The molecule has 1 fully saturated rings. The van der Waals surface area contributed by atoms with E-state index in [1.165, 1.54) is 11.8 Å². The molecule has 3 rings (SSSR count). The van der Waals surface area contributed by atoms with E-state index in [0.717, 1.165) is 12.0 Å². The summed E-state index contributed by atoms with van der Waals surface area (Å²) in [6.07, 6.45) is 2.55. The predicted octanol–water partition coefficient (Wildman–Crippen LogP) is 4.66. The maximum absolute atomic E-state index is 13.1. The number of hydrogen-bond donors (Lipinski definition) is 1. The molecule has 1 aliphatic rings. The van der Waals surface area contributed by atoms with Crippen LogP contribution in [0.15, 0.2) is 40.0 Å². The van der Waals surface area contributed by atoms with Gasteiger partial charge in [-0.1, -0.05) is 61.2 Å². The van der Waals surface area contributed by atoms with E-state index in [-0.39, 0.29) is 23.1 Å². The van der Waals surface area contributed by atoms with Crippen LogP contribution >= 0.6 is 24.0 Å². The van der Waals surface area contributed by atoms with Crippen LogP contribution in [0.1, 0.15) is 49.4 Å². The number of hydrogen-bond acceptors (Lipinski definition) is 6. The van der Waals surface area contributed by atoms with Crippen molar-refractivity contribution in [2.75, 3.05) is 5.32 Å². The van der Waals surface area contributed by atoms with Gasteiger partial charge in [-0.3, -0.25) is 19.1 Å². The van der Waals surface area contributed by atoms with Gasteiger partial charge in [0.1, 0.15) is 21.8 Å². The Kier molecular flexibility index (Phi) is 7.54. The van der Waals surface area contributed by atoms with Crippen molar-refractivity contribution in [1.82, 2.24) is 9.47 Å². The number of anilines is 1. The molecule has 2 heterocycles. The average Bonchev–Trinajstić information content (AvgIpc) is 3.07. The number of nitriles is 1. The van der Waals surface area contributed by atoms with Crippen molar-refractivity contribution in [1.29, 1.82) is 5.26 Å². The zero-order chi connectivity index (χ0) is 23.4. The summed E-state index contributed by atoms with van der Waals surface area (Å²) in [7, 11) is 0. The number of carbonyl (C=O) groups is 1. The number of thiocarbonyl (C=S) groups is 1. The first-order valence-electron chi connectivity index (χ1n) is 10.6. The van der Waals surface area contributed by atoms with Crippen LogP contribution < -0.4 is 10.9 Å². The Bertz CT molecular complexity index is 1180. The lowest BCUT2D eigenvalue weighted by Gasteiger charge is -2.21. The van der Waals surface area contributed by atoms with Crippen molar-refractivity contribution in [3.63, 3.8) is 0 Å². The molecule has 2 aromatic rings. The first-order valence-corrected chi connectivity index (χ1v) is 11.8. The monoisotopic (exact) mass is 466 g/mol. The number of carbonyl (C=O) groups excluding carboxylic acids is 1. The summed E-state index contributed by atoms with van der Waals surface area (Å²) in [5.74, 6) is 0.446. The fraction of sp³-hybridized carbons (Fsp3) is 0.333. The third kappa shape index (κ3) is 4.50. The lowest BCUT2D eigenvalue weighted by molar-refractivity contribution is -0.123. The maximum Gasteiger partial charge on any atom is 0.270 e. The minimum atomic E-state index is -0.340. The van der Waals surface area contributed by atoms with Crippen LogP contribution in [0.3, 0.4) is 0 Å². The van der Waals surface area contributed by atoms with Gasteiger partial charge in [-0.15, -0.1) is 0 Å². The molecule has 1 aromatic heterocycles. The van der Waals surface area contributed by atoms with Crippen LogP contribution in [0, 0.1) is 18.3 Å². The maximum atomic E-state index is 13.1. The highest BCUT2D eigenvalue weighted by Crippen LogP contribution is 2.36. The van der Waals surface area contributed by atoms with Gasteiger partial charge in [0.15, 0.2) is 0 Å². The second-order valence-electron chi connectivity index (χ2n) is 7.57. The second-order valence-corrected chi connectivity index (χ2v) is 9.25. The van der Waals surface area contributed by atoms with E-state index >= 15 is 0 Å². The Hall–Kier alpha value is -2.89. The van der Waals surface area contributed by atoms with Gasteiger partial charge in [-0.2, -0.15) is 5.26 Å². The molecule has 0 radical (unpaired) electrons. The number of aromatic nitrogens is 1. The van der Waals surface area contributed by atoms with Gasteiger partial charge in [-0.25, -0.2) is 0 Å². The van der Waals surface area contributed by atoms with Crippen molar-refractivity contribution in [2.24, 2.45) is 0 Å². The van der Waals surface area contributed by atoms with Crippen LogP contribution in [-0.4, -0.2) is 25.7 Å². The van der Waals surface area contributed by atoms with Gasteiger partial charge in [0.2, 0.25) is 0 Å². The molecule has 0 spiro atoms. The molecule has 0 aliphatic carbocycles. The van der Waals surface area contributed by atoms with Crippen LogP contribution in [0.4, 0.5) is 5.82 Å². The van der Waals surface area contributed by atoms with E-state index in [1.807, 2.05) is 57.2 Å². The van der Waals surface area contributed by atoms with Crippen LogP contribution in [-0.2, 0) is 17.9 Å². The topological polar surface area (TPSA) is 78.1 Å².